The zero-order valence-electron chi connectivity index (χ0n) is 7.75. The number of hydrogen-bond donors (Lipinski definition) is 2. The van der Waals surface area contributed by atoms with Crippen LogP contribution in [0.15, 0.2) is 12.1 Å². The molecule has 13 heavy (non-hydrogen) atoms. The van der Waals surface area contributed by atoms with Crippen LogP contribution < -0.4 is 5.32 Å². The maximum atomic E-state index is 9.67. The van der Waals surface area contributed by atoms with Crippen LogP contribution in [0.4, 0.5) is 0 Å². The Morgan fingerprint density at radius 1 is 1.54 bits per heavy atom. The van der Waals surface area contributed by atoms with Crippen LogP contribution in [0.5, 0.6) is 0 Å². The largest absolute Gasteiger partial charge is 0.386 e. The standard InChI is InChI=1S/C9H14ClNOS/c1-6(2)11-5-7(12)8-3-4-9(10)13-8/h3-4,6-7,11-12H,5H2,1-2H3. The van der Waals surface area contributed by atoms with E-state index in [0.717, 1.165) is 9.21 Å². The van der Waals surface area contributed by atoms with E-state index in [1.54, 1.807) is 6.07 Å². The van der Waals surface area contributed by atoms with Crippen molar-refractivity contribution in [3.63, 3.8) is 0 Å². The van der Waals surface area contributed by atoms with E-state index in [0.29, 0.717) is 12.6 Å². The number of aliphatic hydroxyl groups is 1. The molecule has 0 spiro atoms. The molecule has 2 N–H and O–H groups in total. The van der Waals surface area contributed by atoms with Crippen LogP contribution in [0.1, 0.15) is 24.8 Å². The molecule has 0 aliphatic carbocycles. The Bertz CT molecular complexity index is 262. The minimum absolute atomic E-state index is 0.394. The predicted molar refractivity (Wildman–Crippen MR) is 57.4 cm³/mol. The molecule has 0 aromatic carbocycles. The average Bonchev–Trinajstić information content (AvgIpc) is 2.47. The van der Waals surface area contributed by atoms with Gasteiger partial charge in [0.1, 0.15) is 6.10 Å². The van der Waals surface area contributed by atoms with Gasteiger partial charge in [0.15, 0.2) is 0 Å². The second kappa shape index (κ2) is 4.96. The van der Waals surface area contributed by atoms with Crippen molar-refractivity contribution in [2.75, 3.05) is 6.54 Å². The fraction of sp³-hybridized carbons (Fsp3) is 0.556. The summed E-state index contributed by atoms with van der Waals surface area (Å²) in [7, 11) is 0. The first-order valence-electron chi connectivity index (χ1n) is 4.26. The number of rotatable bonds is 4. The van der Waals surface area contributed by atoms with E-state index in [9.17, 15) is 5.11 Å². The lowest BCUT2D eigenvalue weighted by molar-refractivity contribution is 0.175. The third-order valence-electron chi connectivity index (χ3n) is 1.64. The van der Waals surface area contributed by atoms with Crippen molar-refractivity contribution >= 4 is 22.9 Å². The molecule has 0 amide bonds. The molecule has 0 radical (unpaired) electrons. The molecule has 1 aromatic heterocycles. The van der Waals surface area contributed by atoms with E-state index in [1.807, 2.05) is 19.9 Å². The molecule has 4 heteroatoms. The molecule has 2 nitrogen and oxygen atoms in total. The Kier molecular flexibility index (Phi) is 4.19. The van der Waals surface area contributed by atoms with Gasteiger partial charge >= 0.3 is 0 Å². The van der Waals surface area contributed by atoms with Gasteiger partial charge in [0, 0.05) is 17.5 Å². The molecule has 1 unspecified atom stereocenters. The van der Waals surface area contributed by atoms with Crippen molar-refractivity contribution in [1.82, 2.24) is 5.32 Å². The zero-order chi connectivity index (χ0) is 9.84. The van der Waals surface area contributed by atoms with Gasteiger partial charge in [0.2, 0.25) is 0 Å². The maximum Gasteiger partial charge on any atom is 0.101 e. The lowest BCUT2D eigenvalue weighted by atomic mass is 10.2. The molecule has 0 saturated carbocycles. The average molecular weight is 220 g/mol. The van der Waals surface area contributed by atoms with Crippen LogP contribution in [0.25, 0.3) is 0 Å². The third-order valence-corrected chi connectivity index (χ3v) is 2.97. The summed E-state index contributed by atoms with van der Waals surface area (Å²) in [4.78, 5) is 0.915. The van der Waals surface area contributed by atoms with Crippen LogP contribution in [-0.2, 0) is 0 Å². The van der Waals surface area contributed by atoms with Crippen molar-refractivity contribution in [1.29, 1.82) is 0 Å². The first-order valence-corrected chi connectivity index (χ1v) is 5.45. The van der Waals surface area contributed by atoms with E-state index >= 15 is 0 Å². The number of thiophene rings is 1. The third kappa shape index (κ3) is 3.65. The van der Waals surface area contributed by atoms with E-state index in [4.69, 9.17) is 11.6 Å². The summed E-state index contributed by atoms with van der Waals surface area (Å²) in [5, 5.41) is 12.8. The smallest absolute Gasteiger partial charge is 0.101 e. The monoisotopic (exact) mass is 219 g/mol. The first kappa shape index (κ1) is 11.0. The summed E-state index contributed by atoms with van der Waals surface area (Å²) in [5.41, 5.74) is 0. The van der Waals surface area contributed by atoms with Crippen molar-refractivity contribution in [3.05, 3.63) is 21.3 Å². The molecule has 74 valence electrons. The van der Waals surface area contributed by atoms with E-state index in [2.05, 4.69) is 5.32 Å². The van der Waals surface area contributed by atoms with E-state index < -0.39 is 6.10 Å². The van der Waals surface area contributed by atoms with Gasteiger partial charge in [-0.05, 0) is 12.1 Å². The van der Waals surface area contributed by atoms with E-state index in [-0.39, 0.29) is 0 Å². The quantitative estimate of drug-likeness (QED) is 0.816. The fourth-order valence-corrected chi connectivity index (χ4v) is 2.00. The van der Waals surface area contributed by atoms with Gasteiger partial charge < -0.3 is 10.4 Å². The van der Waals surface area contributed by atoms with Crippen molar-refractivity contribution in [2.24, 2.45) is 0 Å². The lowest BCUT2D eigenvalue weighted by Gasteiger charge is -2.12. The highest BCUT2D eigenvalue weighted by atomic mass is 35.5. The summed E-state index contributed by atoms with van der Waals surface area (Å²) in [6.45, 7) is 4.68. The molecular weight excluding hydrogens is 206 g/mol. The van der Waals surface area contributed by atoms with E-state index in [1.165, 1.54) is 11.3 Å². The molecule has 0 bridgehead atoms. The van der Waals surface area contributed by atoms with Gasteiger partial charge in [0.05, 0.1) is 4.34 Å². The van der Waals surface area contributed by atoms with Gasteiger partial charge in [-0.1, -0.05) is 25.4 Å². The predicted octanol–water partition coefficient (Wildman–Crippen LogP) is 2.43. The summed E-state index contributed by atoms with van der Waals surface area (Å²) >= 11 is 7.18. The summed E-state index contributed by atoms with van der Waals surface area (Å²) in [6, 6.07) is 4.06. The Balaban J connectivity index is 2.44. The molecule has 1 heterocycles. The highest BCUT2D eigenvalue weighted by Crippen LogP contribution is 2.26. The Hall–Kier alpha value is -0.0900. The molecule has 0 fully saturated rings. The normalized spacial score (nSPS) is 13.6. The molecule has 0 aliphatic rings. The number of nitrogens with one attached hydrogen (secondary N) is 1. The van der Waals surface area contributed by atoms with Crippen LogP contribution in [0.3, 0.4) is 0 Å². The SMILES string of the molecule is CC(C)NCC(O)c1ccc(Cl)s1. The van der Waals surface area contributed by atoms with Crippen molar-refractivity contribution < 1.29 is 5.11 Å². The molecule has 1 aromatic rings. The summed E-state index contributed by atoms with van der Waals surface area (Å²) in [5.74, 6) is 0. The highest BCUT2D eigenvalue weighted by molar-refractivity contribution is 7.16. The summed E-state index contributed by atoms with van der Waals surface area (Å²) in [6.07, 6.45) is -0.445. The number of halogens is 1. The second-order valence-electron chi connectivity index (χ2n) is 3.22. The molecule has 0 saturated heterocycles. The van der Waals surface area contributed by atoms with Gasteiger partial charge in [0.25, 0.3) is 0 Å². The minimum atomic E-state index is -0.445. The van der Waals surface area contributed by atoms with Gasteiger partial charge in [-0.2, -0.15) is 0 Å². The lowest BCUT2D eigenvalue weighted by Crippen LogP contribution is -2.27. The van der Waals surface area contributed by atoms with Crippen molar-refractivity contribution in [3.8, 4) is 0 Å². The van der Waals surface area contributed by atoms with Gasteiger partial charge in [-0.3, -0.25) is 0 Å². The van der Waals surface area contributed by atoms with Crippen LogP contribution in [0, 0.1) is 0 Å². The number of hydrogen-bond acceptors (Lipinski definition) is 3. The Labute approximate surface area is 87.5 Å². The molecule has 0 aliphatic heterocycles. The molecule has 1 atom stereocenters. The van der Waals surface area contributed by atoms with Gasteiger partial charge in [-0.15, -0.1) is 11.3 Å². The topological polar surface area (TPSA) is 32.3 Å². The first-order chi connectivity index (χ1) is 6.09. The van der Waals surface area contributed by atoms with Crippen molar-refractivity contribution in [2.45, 2.75) is 26.0 Å². The van der Waals surface area contributed by atoms with Gasteiger partial charge in [-0.25, -0.2) is 0 Å². The Morgan fingerprint density at radius 2 is 2.23 bits per heavy atom. The second-order valence-corrected chi connectivity index (χ2v) is 4.97. The zero-order valence-corrected chi connectivity index (χ0v) is 9.32. The Morgan fingerprint density at radius 3 is 2.69 bits per heavy atom. The fourth-order valence-electron chi connectivity index (χ4n) is 0.955. The minimum Gasteiger partial charge on any atom is -0.386 e. The maximum absolute atomic E-state index is 9.67. The summed E-state index contributed by atoms with van der Waals surface area (Å²) < 4.78 is 0.721. The van der Waals surface area contributed by atoms with Crippen LogP contribution >= 0.6 is 22.9 Å². The molecular formula is C9H14ClNOS. The molecule has 1 rings (SSSR count). The van der Waals surface area contributed by atoms with Crippen LogP contribution in [-0.4, -0.2) is 17.7 Å². The van der Waals surface area contributed by atoms with Crippen LogP contribution in [0.2, 0.25) is 4.34 Å². The number of aliphatic hydroxyl groups excluding tert-OH is 1. The highest BCUT2D eigenvalue weighted by Gasteiger charge is 2.09.